The lowest BCUT2D eigenvalue weighted by molar-refractivity contribution is 0.00858. The van der Waals surface area contributed by atoms with Crippen LogP contribution >= 0.6 is 11.3 Å². The zero-order chi connectivity index (χ0) is 17.1. The number of nitrogens with zero attached hydrogens (tertiary/aromatic N) is 2. The van der Waals surface area contributed by atoms with Gasteiger partial charge >= 0.3 is 0 Å². The summed E-state index contributed by atoms with van der Waals surface area (Å²) in [5.41, 5.74) is 1.11. The summed E-state index contributed by atoms with van der Waals surface area (Å²) in [4.78, 5) is 23.0. The number of H-pyrrole nitrogens is 1. The van der Waals surface area contributed by atoms with Crippen molar-refractivity contribution in [2.45, 2.75) is 51.2 Å². The highest BCUT2D eigenvalue weighted by molar-refractivity contribution is 7.18. The van der Waals surface area contributed by atoms with Gasteiger partial charge in [0.1, 0.15) is 4.83 Å². The standard InChI is InChI=1S/C10H19NO.C8H7N3OS/c1-2-4-10(5-3-1)11-6-8-12-9-7-11;12-7-6-4-1-9-2-5(4)13-8(6)11-3-10-7/h10H,1-9H2;3,9H,1-2H2,(H,10,11,12). The Bertz CT molecular complexity index is 744. The van der Waals surface area contributed by atoms with E-state index in [-0.39, 0.29) is 5.56 Å². The van der Waals surface area contributed by atoms with Crippen LogP contribution in [-0.2, 0) is 17.8 Å². The van der Waals surface area contributed by atoms with E-state index < -0.39 is 0 Å². The molecule has 2 aromatic rings. The number of thiophene rings is 1. The summed E-state index contributed by atoms with van der Waals surface area (Å²) >= 11 is 1.61. The Morgan fingerprint density at radius 2 is 1.96 bits per heavy atom. The molecule has 2 N–H and O–H groups in total. The minimum Gasteiger partial charge on any atom is -0.379 e. The molecule has 0 spiro atoms. The number of hydrogen-bond donors (Lipinski definition) is 2. The van der Waals surface area contributed by atoms with Gasteiger partial charge in [-0.05, 0) is 18.4 Å². The van der Waals surface area contributed by atoms with Gasteiger partial charge in [0.2, 0.25) is 0 Å². The Hall–Kier alpha value is -1.28. The number of morpholine rings is 1. The van der Waals surface area contributed by atoms with Crippen molar-refractivity contribution in [1.29, 1.82) is 0 Å². The molecule has 7 heteroatoms. The maximum Gasteiger partial charge on any atom is 0.259 e. The SMILES string of the molecule is C1CCC(N2CCOCC2)CC1.O=c1[nH]cnc2sc3c(c12)CNC3. The molecule has 1 saturated carbocycles. The Kier molecular flexibility index (Phi) is 5.45. The molecule has 3 aliphatic rings. The first kappa shape index (κ1) is 17.1. The van der Waals surface area contributed by atoms with E-state index in [9.17, 15) is 4.79 Å². The van der Waals surface area contributed by atoms with Crippen molar-refractivity contribution >= 4 is 21.6 Å². The van der Waals surface area contributed by atoms with E-state index in [1.54, 1.807) is 11.3 Å². The third-order valence-corrected chi connectivity index (χ3v) is 6.54. The number of aromatic nitrogens is 2. The molecular formula is C18H26N4O2S. The lowest BCUT2D eigenvalue weighted by Crippen LogP contribution is -2.44. The predicted octanol–water partition coefficient (Wildman–Crippen LogP) is 2.24. The molecule has 4 heterocycles. The summed E-state index contributed by atoms with van der Waals surface area (Å²) in [7, 11) is 0. The van der Waals surface area contributed by atoms with E-state index in [4.69, 9.17) is 4.74 Å². The minimum absolute atomic E-state index is 0.0220. The van der Waals surface area contributed by atoms with E-state index in [0.29, 0.717) is 0 Å². The highest BCUT2D eigenvalue weighted by Gasteiger charge is 2.22. The summed E-state index contributed by atoms with van der Waals surface area (Å²) in [6.45, 7) is 5.92. The summed E-state index contributed by atoms with van der Waals surface area (Å²) in [6, 6.07) is 0.891. The van der Waals surface area contributed by atoms with Crippen molar-refractivity contribution in [3.05, 3.63) is 27.1 Å². The van der Waals surface area contributed by atoms with Crippen molar-refractivity contribution in [2.75, 3.05) is 26.3 Å². The predicted molar refractivity (Wildman–Crippen MR) is 100 cm³/mol. The lowest BCUT2D eigenvalue weighted by atomic mass is 9.94. The first-order valence-electron chi connectivity index (χ1n) is 9.33. The van der Waals surface area contributed by atoms with Crippen molar-refractivity contribution in [1.82, 2.24) is 20.2 Å². The van der Waals surface area contributed by atoms with E-state index >= 15 is 0 Å². The van der Waals surface area contributed by atoms with E-state index in [0.717, 1.165) is 48.1 Å². The molecule has 0 amide bonds. The molecule has 1 saturated heterocycles. The van der Waals surface area contributed by atoms with Crippen molar-refractivity contribution in [3.8, 4) is 0 Å². The van der Waals surface area contributed by atoms with Crippen LogP contribution in [0.2, 0.25) is 0 Å². The Balaban J connectivity index is 0.000000126. The van der Waals surface area contributed by atoms with Crippen molar-refractivity contribution in [3.63, 3.8) is 0 Å². The minimum atomic E-state index is -0.0220. The topological polar surface area (TPSA) is 70.2 Å². The van der Waals surface area contributed by atoms with Crippen LogP contribution < -0.4 is 10.9 Å². The molecule has 0 aromatic carbocycles. The Morgan fingerprint density at radius 3 is 2.76 bits per heavy atom. The second-order valence-corrected chi connectivity index (χ2v) is 8.04. The summed E-state index contributed by atoms with van der Waals surface area (Å²) in [6.07, 6.45) is 8.68. The van der Waals surface area contributed by atoms with Gasteiger partial charge in [-0.2, -0.15) is 0 Å². The molecular weight excluding hydrogens is 336 g/mol. The maximum absolute atomic E-state index is 11.5. The van der Waals surface area contributed by atoms with Crippen LogP contribution in [0.25, 0.3) is 10.2 Å². The van der Waals surface area contributed by atoms with E-state index in [2.05, 4.69) is 20.2 Å². The molecule has 2 aromatic heterocycles. The highest BCUT2D eigenvalue weighted by Crippen LogP contribution is 2.30. The zero-order valence-electron chi connectivity index (χ0n) is 14.6. The number of hydrogen-bond acceptors (Lipinski definition) is 6. The normalized spacial score (nSPS) is 21.8. The van der Waals surface area contributed by atoms with Crippen LogP contribution in [0, 0.1) is 0 Å². The average molecular weight is 362 g/mol. The molecule has 136 valence electrons. The van der Waals surface area contributed by atoms with Gasteiger partial charge in [0.15, 0.2) is 0 Å². The molecule has 0 unspecified atom stereocenters. The second kappa shape index (κ2) is 7.95. The molecule has 6 nitrogen and oxygen atoms in total. The van der Waals surface area contributed by atoms with Gasteiger partial charge in [-0.3, -0.25) is 9.69 Å². The molecule has 1 aliphatic carbocycles. The van der Waals surface area contributed by atoms with Gasteiger partial charge in [-0.15, -0.1) is 11.3 Å². The number of rotatable bonds is 1. The maximum atomic E-state index is 11.5. The smallest absolute Gasteiger partial charge is 0.259 e. The highest BCUT2D eigenvalue weighted by atomic mass is 32.1. The first-order valence-corrected chi connectivity index (χ1v) is 10.1. The molecule has 0 atom stereocenters. The molecule has 5 rings (SSSR count). The average Bonchev–Trinajstić information content (AvgIpc) is 3.25. The monoisotopic (exact) mass is 362 g/mol. The van der Waals surface area contributed by atoms with E-state index in [1.165, 1.54) is 56.4 Å². The van der Waals surface area contributed by atoms with Gasteiger partial charge in [0.05, 0.1) is 24.9 Å². The molecule has 0 radical (unpaired) electrons. The number of fused-ring (bicyclic) bond motifs is 3. The van der Waals surface area contributed by atoms with Crippen LogP contribution in [0.4, 0.5) is 0 Å². The number of aromatic amines is 1. The number of nitrogens with one attached hydrogen (secondary N) is 2. The fourth-order valence-corrected chi connectivity index (χ4v) is 5.19. The summed E-state index contributed by atoms with van der Waals surface area (Å²) in [5.74, 6) is 0. The third-order valence-electron chi connectivity index (χ3n) is 5.40. The fourth-order valence-electron chi connectivity index (χ4n) is 4.06. The van der Waals surface area contributed by atoms with Gasteiger partial charge in [0.25, 0.3) is 5.56 Å². The first-order chi connectivity index (χ1) is 12.3. The van der Waals surface area contributed by atoms with Crippen LogP contribution in [-0.4, -0.2) is 47.2 Å². The van der Waals surface area contributed by atoms with Crippen molar-refractivity contribution < 1.29 is 4.74 Å². The van der Waals surface area contributed by atoms with Crippen LogP contribution in [0.3, 0.4) is 0 Å². The molecule has 2 aliphatic heterocycles. The molecule has 25 heavy (non-hydrogen) atoms. The van der Waals surface area contributed by atoms with Gasteiger partial charge in [0, 0.05) is 37.1 Å². The summed E-state index contributed by atoms with van der Waals surface area (Å²) in [5, 5.41) is 3.99. The summed E-state index contributed by atoms with van der Waals surface area (Å²) < 4.78 is 5.35. The van der Waals surface area contributed by atoms with Crippen LogP contribution in [0.15, 0.2) is 11.1 Å². The van der Waals surface area contributed by atoms with Gasteiger partial charge in [-0.1, -0.05) is 19.3 Å². The zero-order valence-corrected chi connectivity index (χ0v) is 15.4. The van der Waals surface area contributed by atoms with Gasteiger partial charge < -0.3 is 15.0 Å². The second-order valence-electron chi connectivity index (χ2n) is 6.96. The van der Waals surface area contributed by atoms with Crippen LogP contribution in [0.1, 0.15) is 42.5 Å². The Labute approximate surface area is 151 Å². The Morgan fingerprint density at radius 1 is 1.16 bits per heavy atom. The van der Waals surface area contributed by atoms with E-state index in [1.807, 2.05) is 0 Å². The van der Waals surface area contributed by atoms with Crippen LogP contribution in [0.5, 0.6) is 0 Å². The molecule has 0 bridgehead atoms. The molecule has 2 fully saturated rings. The third kappa shape index (κ3) is 3.79. The van der Waals surface area contributed by atoms with Gasteiger partial charge in [-0.25, -0.2) is 4.98 Å². The largest absolute Gasteiger partial charge is 0.379 e. The van der Waals surface area contributed by atoms with Crippen molar-refractivity contribution in [2.24, 2.45) is 0 Å². The quantitative estimate of drug-likeness (QED) is 0.814. The number of ether oxygens (including phenoxy) is 1. The lowest BCUT2D eigenvalue weighted by Gasteiger charge is -2.36. The fraction of sp³-hybridized carbons (Fsp3) is 0.667.